The monoisotopic (exact) mass is 337 g/mol. The van der Waals surface area contributed by atoms with Gasteiger partial charge in [-0.1, -0.05) is 6.07 Å². The zero-order chi connectivity index (χ0) is 16.4. The van der Waals surface area contributed by atoms with Crippen LogP contribution in [0.25, 0.3) is 0 Å². The Morgan fingerprint density at radius 3 is 2.35 bits per heavy atom. The molecule has 0 aromatic heterocycles. The Hall–Kier alpha value is -1.60. The van der Waals surface area contributed by atoms with Crippen LogP contribution in [0, 0.1) is 0 Å². The van der Waals surface area contributed by atoms with E-state index in [0.717, 1.165) is 19.3 Å². The number of hydrogen-bond donors (Lipinski definition) is 1. The van der Waals surface area contributed by atoms with Crippen LogP contribution in [0.4, 0.5) is 4.79 Å². The summed E-state index contributed by atoms with van der Waals surface area (Å²) < 4.78 is 27.1. The molecule has 0 atom stereocenters. The van der Waals surface area contributed by atoms with Crippen molar-refractivity contribution in [3.05, 3.63) is 29.3 Å². The van der Waals surface area contributed by atoms with E-state index in [2.05, 4.69) is 5.32 Å². The molecule has 126 valence electrons. The Bertz CT molecular complexity index is 695. The third kappa shape index (κ3) is 3.21. The molecule has 1 aliphatic carbocycles. The first-order chi connectivity index (χ1) is 11.0. The van der Waals surface area contributed by atoms with Gasteiger partial charge in [0.1, 0.15) is 0 Å². The lowest BCUT2D eigenvalue weighted by molar-refractivity contribution is 0.174. The van der Waals surface area contributed by atoms with E-state index in [9.17, 15) is 13.2 Å². The molecule has 0 spiro atoms. The number of nitrogens with zero attached hydrogens (tertiary/aromatic N) is 2. The number of aryl methyl sites for hydroxylation is 2. The predicted octanol–water partition coefficient (Wildman–Crippen LogP) is 1.21. The molecule has 3 rings (SSSR count). The van der Waals surface area contributed by atoms with E-state index in [4.69, 9.17) is 0 Å². The Kier molecular flexibility index (Phi) is 4.59. The minimum atomic E-state index is -3.48. The molecule has 1 saturated heterocycles. The zero-order valence-electron chi connectivity index (χ0n) is 13.4. The van der Waals surface area contributed by atoms with Gasteiger partial charge in [-0.2, -0.15) is 4.31 Å². The molecular formula is C16H23N3O3S. The van der Waals surface area contributed by atoms with Gasteiger partial charge in [0.15, 0.2) is 0 Å². The number of carbonyl (C=O) groups is 1. The van der Waals surface area contributed by atoms with Crippen LogP contribution in [0.2, 0.25) is 0 Å². The first-order valence-electron chi connectivity index (χ1n) is 8.11. The standard InChI is InChI=1S/C16H23N3O3S/c1-17-16(20)18-8-10-19(11-9-18)23(21,22)15-7-6-13-4-2-3-5-14(13)12-15/h6-7,12H,2-5,8-11H2,1H3,(H,17,20). The molecule has 1 aromatic carbocycles. The van der Waals surface area contributed by atoms with Gasteiger partial charge in [0.05, 0.1) is 4.90 Å². The maximum atomic E-state index is 12.8. The minimum Gasteiger partial charge on any atom is -0.341 e. The number of fused-ring (bicyclic) bond motifs is 1. The molecule has 0 radical (unpaired) electrons. The number of hydrogen-bond acceptors (Lipinski definition) is 3. The van der Waals surface area contributed by atoms with Gasteiger partial charge in [-0.3, -0.25) is 0 Å². The van der Waals surface area contributed by atoms with Crippen molar-refractivity contribution in [2.75, 3.05) is 33.2 Å². The fourth-order valence-corrected chi connectivity index (χ4v) is 4.78. The van der Waals surface area contributed by atoms with E-state index < -0.39 is 10.0 Å². The average Bonchev–Trinajstić information content (AvgIpc) is 2.60. The van der Waals surface area contributed by atoms with Crippen LogP contribution in [-0.2, 0) is 22.9 Å². The number of carbonyl (C=O) groups excluding carboxylic acids is 1. The fourth-order valence-electron chi connectivity index (χ4n) is 3.31. The largest absolute Gasteiger partial charge is 0.341 e. The highest BCUT2D eigenvalue weighted by atomic mass is 32.2. The van der Waals surface area contributed by atoms with E-state index in [0.29, 0.717) is 31.1 Å². The average molecular weight is 337 g/mol. The molecule has 1 aromatic rings. The molecule has 7 heteroatoms. The normalized spacial score (nSPS) is 19.3. The molecule has 2 aliphatic rings. The SMILES string of the molecule is CNC(=O)N1CCN(S(=O)(=O)c2ccc3c(c2)CCCC3)CC1. The highest BCUT2D eigenvalue weighted by Crippen LogP contribution is 2.26. The molecule has 1 fully saturated rings. The third-order valence-corrected chi connectivity index (χ3v) is 6.59. The number of urea groups is 1. The first-order valence-corrected chi connectivity index (χ1v) is 9.55. The number of benzene rings is 1. The predicted molar refractivity (Wildman–Crippen MR) is 87.9 cm³/mol. The van der Waals surface area contributed by atoms with Crippen LogP contribution in [0.3, 0.4) is 0 Å². The number of rotatable bonds is 2. The van der Waals surface area contributed by atoms with E-state index in [1.807, 2.05) is 12.1 Å². The van der Waals surface area contributed by atoms with Crippen molar-refractivity contribution in [3.63, 3.8) is 0 Å². The van der Waals surface area contributed by atoms with E-state index in [1.54, 1.807) is 18.0 Å². The van der Waals surface area contributed by atoms with Crippen molar-refractivity contribution in [2.24, 2.45) is 0 Å². The molecule has 1 aliphatic heterocycles. The summed E-state index contributed by atoms with van der Waals surface area (Å²) in [5.41, 5.74) is 2.45. The van der Waals surface area contributed by atoms with Crippen molar-refractivity contribution in [3.8, 4) is 0 Å². The topological polar surface area (TPSA) is 69.7 Å². The van der Waals surface area contributed by atoms with Crippen molar-refractivity contribution in [2.45, 2.75) is 30.6 Å². The first kappa shape index (κ1) is 16.3. The van der Waals surface area contributed by atoms with Crippen molar-refractivity contribution < 1.29 is 13.2 Å². The quantitative estimate of drug-likeness (QED) is 0.882. The van der Waals surface area contributed by atoms with Crippen LogP contribution in [-0.4, -0.2) is 56.9 Å². The Balaban J connectivity index is 1.76. The van der Waals surface area contributed by atoms with Gasteiger partial charge in [-0.15, -0.1) is 0 Å². The second kappa shape index (κ2) is 6.49. The van der Waals surface area contributed by atoms with Gasteiger partial charge in [0, 0.05) is 33.2 Å². The second-order valence-electron chi connectivity index (χ2n) is 6.08. The summed E-state index contributed by atoms with van der Waals surface area (Å²) in [5, 5.41) is 2.57. The van der Waals surface area contributed by atoms with Gasteiger partial charge in [0.25, 0.3) is 0 Å². The summed E-state index contributed by atoms with van der Waals surface area (Å²) in [6.45, 7) is 1.52. The zero-order valence-corrected chi connectivity index (χ0v) is 14.2. The summed E-state index contributed by atoms with van der Waals surface area (Å²) in [7, 11) is -1.89. The molecule has 6 nitrogen and oxygen atoms in total. The maximum Gasteiger partial charge on any atom is 0.317 e. The van der Waals surface area contributed by atoms with Crippen LogP contribution in [0.5, 0.6) is 0 Å². The number of amides is 2. The summed E-state index contributed by atoms with van der Waals surface area (Å²) in [6, 6.07) is 5.37. The maximum absolute atomic E-state index is 12.8. The van der Waals surface area contributed by atoms with E-state index in [1.165, 1.54) is 21.9 Å². The second-order valence-corrected chi connectivity index (χ2v) is 8.02. The summed E-state index contributed by atoms with van der Waals surface area (Å²) >= 11 is 0. The van der Waals surface area contributed by atoms with E-state index in [-0.39, 0.29) is 6.03 Å². The molecule has 1 heterocycles. The molecule has 0 saturated carbocycles. The molecule has 1 N–H and O–H groups in total. The van der Waals surface area contributed by atoms with Crippen molar-refractivity contribution in [1.82, 2.24) is 14.5 Å². The number of nitrogens with one attached hydrogen (secondary N) is 1. The summed E-state index contributed by atoms with van der Waals surface area (Å²) in [4.78, 5) is 13.6. The molecule has 23 heavy (non-hydrogen) atoms. The molecule has 0 unspecified atom stereocenters. The lowest BCUT2D eigenvalue weighted by Crippen LogP contribution is -2.52. The molecular weight excluding hydrogens is 314 g/mol. The van der Waals surface area contributed by atoms with Gasteiger partial charge in [-0.05, 0) is 48.9 Å². The lowest BCUT2D eigenvalue weighted by Gasteiger charge is -2.33. The Morgan fingerprint density at radius 2 is 1.70 bits per heavy atom. The Morgan fingerprint density at radius 1 is 1.04 bits per heavy atom. The fraction of sp³-hybridized carbons (Fsp3) is 0.562. The van der Waals surface area contributed by atoms with E-state index >= 15 is 0 Å². The van der Waals surface area contributed by atoms with Crippen LogP contribution in [0.15, 0.2) is 23.1 Å². The summed E-state index contributed by atoms with van der Waals surface area (Å²) in [5.74, 6) is 0. The van der Waals surface area contributed by atoms with Crippen LogP contribution < -0.4 is 5.32 Å². The van der Waals surface area contributed by atoms with Gasteiger partial charge >= 0.3 is 6.03 Å². The van der Waals surface area contributed by atoms with Crippen molar-refractivity contribution in [1.29, 1.82) is 0 Å². The van der Waals surface area contributed by atoms with Crippen LogP contribution in [0.1, 0.15) is 24.0 Å². The lowest BCUT2D eigenvalue weighted by atomic mass is 9.92. The third-order valence-electron chi connectivity index (χ3n) is 4.70. The molecule has 2 amide bonds. The minimum absolute atomic E-state index is 0.157. The van der Waals surface area contributed by atoms with Gasteiger partial charge in [0.2, 0.25) is 10.0 Å². The molecule has 0 bridgehead atoms. The Labute approximate surface area is 137 Å². The van der Waals surface area contributed by atoms with Crippen molar-refractivity contribution >= 4 is 16.1 Å². The highest BCUT2D eigenvalue weighted by Gasteiger charge is 2.30. The van der Waals surface area contributed by atoms with Gasteiger partial charge < -0.3 is 10.2 Å². The number of piperazine rings is 1. The smallest absolute Gasteiger partial charge is 0.317 e. The van der Waals surface area contributed by atoms with Gasteiger partial charge in [-0.25, -0.2) is 13.2 Å². The summed E-state index contributed by atoms with van der Waals surface area (Å²) in [6.07, 6.45) is 4.31. The number of sulfonamides is 1. The highest BCUT2D eigenvalue weighted by molar-refractivity contribution is 7.89. The van der Waals surface area contributed by atoms with Crippen LogP contribution >= 0.6 is 0 Å².